The predicted octanol–water partition coefficient (Wildman–Crippen LogP) is 1.26. The molecule has 1 rings (SSSR count). The van der Waals surface area contributed by atoms with Gasteiger partial charge in [-0.2, -0.15) is 0 Å². The normalized spacial score (nSPS) is 10.1. The van der Waals surface area contributed by atoms with Crippen LogP contribution in [-0.2, 0) is 7.05 Å². The second-order valence-electron chi connectivity index (χ2n) is 3.51. The van der Waals surface area contributed by atoms with E-state index in [1.165, 1.54) is 10.8 Å². The monoisotopic (exact) mass is 225 g/mol. The minimum Gasteiger partial charge on any atom is -0.488 e. The lowest BCUT2D eigenvalue weighted by Crippen LogP contribution is -2.17. The van der Waals surface area contributed by atoms with Crippen LogP contribution in [0.4, 0.5) is 0 Å². The lowest BCUT2D eigenvalue weighted by molar-refractivity contribution is 0.0685. The van der Waals surface area contributed by atoms with Crippen molar-refractivity contribution in [2.75, 3.05) is 6.61 Å². The van der Waals surface area contributed by atoms with Gasteiger partial charge < -0.3 is 14.4 Å². The maximum Gasteiger partial charge on any atom is 0.352 e. The first-order chi connectivity index (χ1) is 7.56. The lowest BCUT2D eigenvalue weighted by Gasteiger charge is -2.08. The number of aryl methyl sites for hydroxylation is 1. The smallest absolute Gasteiger partial charge is 0.352 e. The van der Waals surface area contributed by atoms with E-state index in [1.807, 2.05) is 6.92 Å². The van der Waals surface area contributed by atoms with Crippen molar-refractivity contribution in [2.24, 2.45) is 7.05 Å². The highest BCUT2D eigenvalue weighted by atomic mass is 16.5. The molecule has 0 amide bonds. The molecule has 0 radical (unpaired) electrons. The zero-order chi connectivity index (χ0) is 12.1. The van der Waals surface area contributed by atoms with Gasteiger partial charge in [-0.25, -0.2) is 4.79 Å². The van der Waals surface area contributed by atoms with E-state index in [0.29, 0.717) is 6.61 Å². The highest BCUT2D eigenvalue weighted by molar-refractivity contribution is 5.85. The second kappa shape index (κ2) is 5.34. The molecule has 16 heavy (non-hydrogen) atoms. The number of aromatic nitrogens is 1. The molecule has 0 spiro atoms. The summed E-state index contributed by atoms with van der Waals surface area (Å²) < 4.78 is 6.63. The van der Waals surface area contributed by atoms with Crippen molar-refractivity contribution in [2.45, 2.75) is 19.8 Å². The van der Waals surface area contributed by atoms with Crippen LogP contribution in [0.25, 0.3) is 0 Å². The number of aromatic carboxylic acids is 1. The van der Waals surface area contributed by atoms with E-state index in [4.69, 9.17) is 9.84 Å². The molecule has 0 saturated carbocycles. The van der Waals surface area contributed by atoms with Crippen molar-refractivity contribution in [3.8, 4) is 5.75 Å². The van der Waals surface area contributed by atoms with Gasteiger partial charge in [-0.15, -0.1) is 0 Å². The summed E-state index contributed by atoms with van der Waals surface area (Å²) in [6.07, 6.45) is 3.25. The van der Waals surface area contributed by atoms with E-state index >= 15 is 0 Å². The van der Waals surface area contributed by atoms with Gasteiger partial charge in [0.25, 0.3) is 0 Å². The van der Waals surface area contributed by atoms with Gasteiger partial charge in [0.2, 0.25) is 5.43 Å². The summed E-state index contributed by atoms with van der Waals surface area (Å²) in [5.41, 5.74) is -0.445. The molecule has 0 aliphatic rings. The molecule has 5 heteroatoms. The van der Waals surface area contributed by atoms with Crippen LogP contribution in [-0.4, -0.2) is 22.2 Å². The molecular formula is C11H15NO4. The van der Waals surface area contributed by atoms with Crippen LogP contribution in [0.3, 0.4) is 0 Å². The number of hydrogen-bond acceptors (Lipinski definition) is 3. The Hall–Kier alpha value is -1.78. The number of ether oxygens (including phenoxy) is 1. The van der Waals surface area contributed by atoms with Gasteiger partial charge in [-0.05, 0) is 6.42 Å². The number of hydrogen-bond donors (Lipinski definition) is 1. The van der Waals surface area contributed by atoms with Crippen molar-refractivity contribution in [1.82, 2.24) is 4.57 Å². The summed E-state index contributed by atoms with van der Waals surface area (Å²) in [5.74, 6) is -0.930. The minimum atomic E-state index is -1.13. The maximum atomic E-state index is 11.5. The molecule has 88 valence electrons. The topological polar surface area (TPSA) is 68.5 Å². The third kappa shape index (κ3) is 2.85. The fourth-order valence-electron chi connectivity index (χ4n) is 1.25. The summed E-state index contributed by atoms with van der Waals surface area (Å²) in [6.45, 7) is 2.49. The molecule has 1 N–H and O–H groups in total. The quantitative estimate of drug-likeness (QED) is 0.766. The Labute approximate surface area is 93.3 Å². The zero-order valence-electron chi connectivity index (χ0n) is 9.40. The number of nitrogens with zero attached hydrogens (tertiary/aromatic N) is 1. The highest BCUT2D eigenvalue weighted by Gasteiger charge is 2.10. The van der Waals surface area contributed by atoms with Gasteiger partial charge in [-0.1, -0.05) is 13.3 Å². The summed E-state index contributed by atoms with van der Waals surface area (Å²) in [4.78, 5) is 22.2. The predicted molar refractivity (Wildman–Crippen MR) is 59.0 cm³/mol. The fourth-order valence-corrected chi connectivity index (χ4v) is 1.25. The van der Waals surface area contributed by atoms with Crippen molar-refractivity contribution in [1.29, 1.82) is 0 Å². The largest absolute Gasteiger partial charge is 0.488 e. The van der Waals surface area contributed by atoms with Crippen LogP contribution in [0, 0.1) is 0 Å². The maximum absolute atomic E-state index is 11.5. The van der Waals surface area contributed by atoms with Crippen molar-refractivity contribution >= 4 is 5.97 Å². The Morgan fingerprint density at radius 2 is 2.25 bits per heavy atom. The molecule has 0 fully saturated rings. The Balaban J connectivity index is 2.93. The van der Waals surface area contributed by atoms with E-state index < -0.39 is 11.4 Å². The highest BCUT2D eigenvalue weighted by Crippen LogP contribution is 2.06. The molecule has 0 unspecified atom stereocenters. The summed E-state index contributed by atoms with van der Waals surface area (Å²) in [5, 5.41) is 8.79. The van der Waals surface area contributed by atoms with Crippen LogP contribution in [0.2, 0.25) is 0 Å². The molecule has 1 aromatic rings. The van der Waals surface area contributed by atoms with E-state index in [2.05, 4.69) is 0 Å². The summed E-state index contributed by atoms with van der Waals surface area (Å²) in [7, 11) is 1.57. The Morgan fingerprint density at radius 3 is 2.81 bits per heavy atom. The van der Waals surface area contributed by atoms with Crippen molar-refractivity contribution in [3.63, 3.8) is 0 Å². The molecule has 0 aliphatic carbocycles. The average molecular weight is 225 g/mol. The average Bonchev–Trinajstić information content (AvgIpc) is 2.22. The van der Waals surface area contributed by atoms with E-state index in [9.17, 15) is 9.59 Å². The molecule has 0 aromatic carbocycles. The van der Waals surface area contributed by atoms with Gasteiger partial charge in [0.15, 0.2) is 5.75 Å². The van der Waals surface area contributed by atoms with Gasteiger partial charge in [0.05, 0.1) is 12.8 Å². The Kier molecular flexibility index (Phi) is 4.10. The van der Waals surface area contributed by atoms with E-state index in [-0.39, 0.29) is 11.4 Å². The van der Waals surface area contributed by atoms with Crippen molar-refractivity contribution < 1.29 is 14.6 Å². The fraction of sp³-hybridized carbons (Fsp3) is 0.455. The molecule has 5 nitrogen and oxygen atoms in total. The van der Waals surface area contributed by atoms with E-state index in [1.54, 1.807) is 7.05 Å². The number of carboxylic acid groups (broad SMARTS) is 1. The summed E-state index contributed by atoms with van der Waals surface area (Å²) in [6, 6.07) is 1.07. The van der Waals surface area contributed by atoms with Gasteiger partial charge in [0, 0.05) is 13.1 Å². The van der Waals surface area contributed by atoms with E-state index in [0.717, 1.165) is 18.9 Å². The molecule has 0 aliphatic heterocycles. The second-order valence-corrected chi connectivity index (χ2v) is 3.51. The van der Waals surface area contributed by atoms with Gasteiger partial charge in [0.1, 0.15) is 5.69 Å². The molecule has 0 bridgehead atoms. The van der Waals surface area contributed by atoms with Crippen LogP contribution >= 0.6 is 0 Å². The lowest BCUT2D eigenvalue weighted by atomic mass is 10.3. The Bertz CT molecular complexity index is 436. The number of unbranched alkanes of at least 4 members (excludes halogenated alkanes) is 1. The number of carboxylic acids is 1. The minimum absolute atomic E-state index is 0.0483. The zero-order valence-corrected chi connectivity index (χ0v) is 9.40. The summed E-state index contributed by atoms with van der Waals surface area (Å²) >= 11 is 0. The number of carbonyl (C=O) groups is 1. The first-order valence-electron chi connectivity index (χ1n) is 5.13. The van der Waals surface area contributed by atoms with Crippen LogP contribution < -0.4 is 10.2 Å². The molecule has 1 heterocycles. The molecule has 0 saturated heterocycles. The van der Waals surface area contributed by atoms with Crippen LogP contribution in [0.15, 0.2) is 17.1 Å². The third-order valence-corrected chi connectivity index (χ3v) is 2.18. The first kappa shape index (κ1) is 12.3. The van der Waals surface area contributed by atoms with Crippen LogP contribution in [0.1, 0.15) is 30.3 Å². The molecule has 1 aromatic heterocycles. The third-order valence-electron chi connectivity index (χ3n) is 2.18. The SMILES string of the molecule is CCCCOc1cn(C)c(C(=O)O)cc1=O. The first-order valence-corrected chi connectivity index (χ1v) is 5.13. The number of pyridine rings is 1. The van der Waals surface area contributed by atoms with Crippen LogP contribution in [0.5, 0.6) is 5.75 Å². The van der Waals surface area contributed by atoms with Gasteiger partial charge >= 0.3 is 5.97 Å². The standard InChI is InChI=1S/C11H15NO4/c1-3-4-5-16-10-7-12(2)8(11(14)15)6-9(10)13/h6-7H,3-5H2,1-2H3,(H,14,15). The molecule has 0 atom stereocenters. The Morgan fingerprint density at radius 1 is 1.56 bits per heavy atom. The van der Waals surface area contributed by atoms with Crippen molar-refractivity contribution in [3.05, 3.63) is 28.2 Å². The van der Waals surface area contributed by atoms with Gasteiger partial charge in [-0.3, -0.25) is 4.79 Å². The molecular weight excluding hydrogens is 210 g/mol. The number of rotatable bonds is 5.